The molecule has 1 aromatic heterocycles. The Bertz CT molecular complexity index is 1210. The quantitative estimate of drug-likeness (QED) is 0.441. The van der Waals surface area contributed by atoms with Crippen LogP contribution < -0.4 is 14.8 Å². The van der Waals surface area contributed by atoms with Gasteiger partial charge in [0, 0.05) is 38.3 Å². The van der Waals surface area contributed by atoms with E-state index in [-0.39, 0.29) is 40.8 Å². The van der Waals surface area contributed by atoms with Gasteiger partial charge in [-0.1, -0.05) is 0 Å². The molecule has 2 amide bonds. The van der Waals surface area contributed by atoms with Crippen LogP contribution in [0.15, 0.2) is 22.6 Å². The molecule has 219 valence electrons. The molecule has 1 saturated carbocycles. The van der Waals surface area contributed by atoms with Crippen molar-refractivity contribution >= 4 is 12.0 Å². The molecule has 2 fully saturated rings. The Labute approximate surface area is 232 Å². The van der Waals surface area contributed by atoms with Crippen LogP contribution in [0.1, 0.15) is 69.8 Å². The molecule has 10 nitrogen and oxygen atoms in total. The molecule has 2 atom stereocenters. The lowest BCUT2D eigenvalue weighted by atomic mass is 10.1. The van der Waals surface area contributed by atoms with Crippen molar-refractivity contribution in [2.24, 2.45) is 5.92 Å². The summed E-state index contributed by atoms with van der Waals surface area (Å²) in [5, 5.41) is 2.70. The highest BCUT2D eigenvalue weighted by Gasteiger charge is 2.33. The fourth-order valence-electron chi connectivity index (χ4n) is 4.22. The average Bonchev–Trinajstić information content (AvgIpc) is 3.58. The maximum atomic E-state index is 13.7. The second kappa shape index (κ2) is 12.0. The molecule has 0 spiro atoms. The summed E-state index contributed by atoms with van der Waals surface area (Å²) in [5.41, 5.74) is -0.289. The number of alkyl halides is 2. The lowest BCUT2D eigenvalue weighted by Crippen LogP contribution is -2.51. The molecule has 40 heavy (non-hydrogen) atoms. The number of hydrogen-bond acceptors (Lipinski definition) is 8. The number of aromatic nitrogens is 1. The van der Waals surface area contributed by atoms with E-state index in [1.165, 1.54) is 18.2 Å². The maximum Gasteiger partial charge on any atom is 0.408 e. The van der Waals surface area contributed by atoms with Gasteiger partial charge in [-0.2, -0.15) is 8.78 Å². The van der Waals surface area contributed by atoms with Crippen molar-refractivity contribution in [1.29, 1.82) is 0 Å². The number of carbonyl (C=O) groups is 2. The molecule has 1 aliphatic carbocycles. The predicted octanol–water partition coefficient (Wildman–Crippen LogP) is 5.26. The second-order valence-electron chi connectivity index (χ2n) is 11.3. The molecule has 1 aliphatic heterocycles. The van der Waals surface area contributed by atoms with Crippen LogP contribution in [0.2, 0.25) is 0 Å². The van der Waals surface area contributed by atoms with Crippen LogP contribution in [-0.2, 0) is 4.74 Å². The van der Waals surface area contributed by atoms with Gasteiger partial charge < -0.3 is 28.8 Å². The van der Waals surface area contributed by atoms with Gasteiger partial charge in [-0.3, -0.25) is 9.69 Å². The van der Waals surface area contributed by atoms with Crippen LogP contribution in [0.4, 0.5) is 13.6 Å². The number of amides is 2. The first-order chi connectivity index (χ1) is 18.8. The van der Waals surface area contributed by atoms with E-state index in [1.807, 2.05) is 11.8 Å². The van der Waals surface area contributed by atoms with E-state index in [1.54, 1.807) is 32.6 Å². The van der Waals surface area contributed by atoms with Crippen LogP contribution in [0.5, 0.6) is 11.5 Å². The lowest BCUT2D eigenvalue weighted by Gasteiger charge is -2.37. The van der Waals surface area contributed by atoms with Crippen LogP contribution in [-0.4, -0.2) is 71.3 Å². The van der Waals surface area contributed by atoms with Gasteiger partial charge in [-0.05, 0) is 71.6 Å². The van der Waals surface area contributed by atoms with E-state index in [0.717, 1.165) is 12.8 Å². The van der Waals surface area contributed by atoms with Crippen LogP contribution in [0.25, 0.3) is 11.5 Å². The highest BCUT2D eigenvalue weighted by Crippen LogP contribution is 2.37. The topological polar surface area (TPSA) is 106 Å². The van der Waals surface area contributed by atoms with Crippen LogP contribution in [0.3, 0.4) is 0 Å². The zero-order valence-corrected chi connectivity index (χ0v) is 23.5. The van der Waals surface area contributed by atoms with E-state index in [9.17, 15) is 18.4 Å². The summed E-state index contributed by atoms with van der Waals surface area (Å²) < 4.78 is 47.9. The van der Waals surface area contributed by atoms with Crippen molar-refractivity contribution in [2.75, 3.05) is 26.2 Å². The van der Waals surface area contributed by atoms with Crippen molar-refractivity contribution < 1.29 is 37.0 Å². The van der Waals surface area contributed by atoms with Crippen molar-refractivity contribution in [3.05, 3.63) is 36.7 Å². The highest BCUT2D eigenvalue weighted by molar-refractivity contribution is 5.94. The van der Waals surface area contributed by atoms with Gasteiger partial charge in [-0.25, -0.2) is 9.78 Å². The first-order valence-electron chi connectivity index (χ1n) is 13.4. The first kappa shape index (κ1) is 29.6. The molecule has 1 radical (unpaired) electrons. The van der Waals surface area contributed by atoms with Crippen molar-refractivity contribution in [1.82, 2.24) is 20.1 Å². The number of benzene rings is 1. The smallest absolute Gasteiger partial charge is 0.408 e. The van der Waals surface area contributed by atoms with Gasteiger partial charge in [-0.15, -0.1) is 0 Å². The summed E-state index contributed by atoms with van der Waals surface area (Å²) in [4.78, 5) is 34.2. The number of piperazine rings is 1. The van der Waals surface area contributed by atoms with Gasteiger partial charge in [0.2, 0.25) is 5.89 Å². The Hall–Kier alpha value is -3.41. The third-order valence-corrected chi connectivity index (χ3v) is 6.61. The van der Waals surface area contributed by atoms with E-state index in [2.05, 4.69) is 22.1 Å². The van der Waals surface area contributed by atoms with E-state index in [0.29, 0.717) is 37.7 Å². The van der Waals surface area contributed by atoms with Crippen molar-refractivity contribution in [3.63, 3.8) is 0 Å². The standard InChI is InChI=1S/C28H37F2N4O6/c1-16-14-34(12-11-33(16)6)25(35)22-23(17(2)31-27(36)40-28(3,4)5)39-24(32-22)19-9-10-20(38-26(29)30)21(13-19)37-15-18-7-8-18/h9-10,13,16-18,26H,6-8,11-12,14-15H2,1-5H3,(H,31,36)/t16-,17-/m0/s1. The Morgan fingerprint density at radius 1 is 1.23 bits per heavy atom. The highest BCUT2D eigenvalue weighted by atomic mass is 19.3. The molecular formula is C28H37F2N4O6. The van der Waals surface area contributed by atoms with Gasteiger partial charge in [0.15, 0.2) is 23.0 Å². The number of nitrogens with one attached hydrogen (secondary N) is 1. The molecule has 2 aromatic rings. The van der Waals surface area contributed by atoms with Gasteiger partial charge in [0.25, 0.3) is 5.91 Å². The number of oxazole rings is 1. The molecule has 2 heterocycles. The number of halogens is 2. The summed E-state index contributed by atoms with van der Waals surface area (Å²) in [6, 6.07) is 3.62. The molecule has 1 aromatic carbocycles. The van der Waals surface area contributed by atoms with Crippen LogP contribution in [0, 0.1) is 13.0 Å². The third-order valence-electron chi connectivity index (χ3n) is 6.61. The Balaban J connectivity index is 1.67. The van der Waals surface area contributed by atoms with Gasteiger partial charge in [0.1, 0.15) is 5.60 Å². The molecule has 0 unspecified atom stereocenters. The zero-order chi connectivity index (χ0) is 29.2. The second-order valence-corrected chi connectivity index (χ2v) is 11.3. The molecule has 4 rings (SSSR count). The van der Waals surface area contributed by atoms with E-state index >= 15 is 0 Å². The SMILES string of the molecule is [CH2]N1CCN(C(=O)c2nc(-c3ccc(OC(F)F)c(OCC4CC4)c3)oc2[C@H](C)NC(=O)OC(C)(C)C)C[C@@H]1C. The Morgan fingerprint density at radius 3 is 2.58 bits per heavy atom. The summed E-state index contributed by atoms with van der Waals surface area (Å²) in [6.07, 6.45) is 1.35. The number of carbonyl (C=O) groups excluding carboxylic acids is 2. The maximum absolute atomic E-state index is 13.7. The lowest BCUT2D eigenvalue weighted by molar-refractivity contribution is -0.0515. The van der Waals surface area contributed by atoms with Crippen molar-refractivity contribution in [3.8, 4) is 23.0 Å². The number of hydrogen-bond donors (Lipinski definition) is 1. The normalized spacial score (nSPS) is 18.9. The summed E-state index contributed by atoms with van der Waals surface area (Å²) in [7, 11) is 3.99. The molecule has 12 heteroatoms. The summed E-state index contributed by atoms with van der Waals surface area (Å²) in [5.74, 6) is 0.246. The minimum Gasteiger partial charge on any atom is -0.489 e. The Morgan fingerprint density at radius 2 is 1.95 bits per heavy atom. The molecule has 1 saturated heterocycles. The zero-order valence-electron chi connectivity index (χ0n) is 23.5. The molecule has 1 N–H and O–H groups in total. The summed E-state index contributed by atoms with van der Waals surface area (Å²) in [6.45, 7) is 7.69. The van der Waals surface area contributed by atoms with Gasteiger partial charge >= 0.3 is 12.7 Å². The number of nitrogens with zero attached hydrogens (tertiary/aromatic N) is 3. The first-order valence-corrected chi connectivity index (χ1v) is 13.4. The number of alkyl carbamates (subject to hydrolysis) is 1. The number of rotatable bonds is 9. The fourth-order valence-corrected chi connectivity index (χ4v) is 4.22. The van der Waals surface area contributed by atoms with Crippen LogP contribution >= 0.6 is 0 Å². The predicted molar refractivity (Wildman–Crippen MR) is 142 cm³/mol. The van der Waals surface area contributed by atoms with E-state index in [4.69, 9.17) is 13.9 Å². The molecular weight excluding hydrogens is 526 g/mol. The monoisotopic (exact) mass is 563 g/mol. The Kier molecular flexibility index (Phi) is 8.86. The molecule has 0 bridgehead atoms. The summed E-state index contributed by atoms with van der Waals surface area (Å²) >= 11 is 0. The molecule has 2 aliphatic rings. The van der Waals surface area contributed by atoms with Crippen molar-refractivity contribution in [2.45, 2.75) is 71.8 Å². The largest absolute Gasteiger partial charge is 0.489 e. The minimum absolute atomic E-state index is 0.0385. The minimum atomic E-state index is -3.02. The fraction of sp³-hybridized carbons (Fsp3) is 0.571. The number of ether oxygens (including phenoxy) is 3. The van der Waals surface area contributed by atoms with Gasteiger partial charge in [0.05, 0.1) is 12.6 Å². The third kappa shape index (κ3) is 7.61. The average molecular weight is 564 g/mol. The van der Waals surface area contributed by atoms with E-state index < -0.39 is 24.3 Å².